The number of benzene rings is 1. The molecule has 124 valence electrons. The lowest BCUT2D eigenvalue weighted by atomic mass is 10.1. The first kappa shape index (κ1) is 17.1. The zero-order valence-electron chi connectivity index (χ0n) is 12.6. The number of rotatable bonds is 6. The third kappa shape index (κ3) is 4.35. The molecule has 1 aliphatic rings. The van der Waals surface area contributed by atoms with E-state index >= 15 is 0 Å². The molecule has 0 radical (unpaired) electrons. The maximum atomic E-state index is 12.2. The summed E-state index contributed by atoms with van der Waals surface area (Å²) in [6, 6.07) is 4.44. The van der Waals surface area contributed by atoms with Gasteiger partial charge in [0.2, 0.25) is 0 Å². The topological polar surface area (TPSA) is 98.7 Å². The Morgan fingerprint density at radius 1 is 1.48 bits per heavy atom. The van der Waals surface area contributed by atoms with Gasteiger partial charge in [0, 0.05) is 31.6 Å². The number of carboxylic acid groups (broad SMARTS) is 1. The molecule has 3 amide bonds. The number of anilines is 1. The molecule has 1 aromatic rings. The van der Waals surface area contributed by atoms with Crippen LogP contribution in [0.5, 0.6) is 0 Å². The Labute approximate surface area is 138 Å². The van der Waals surface area contributed by atoms with Gasteiger partial charge in [-0.05, 0) is 24.1 Å². The molecule has 1 saturated heterocycles. The third-order valence-electron chi connectivity index (χ3n) is 3.49. The number of nitrogens with one attached hydrogen (secondary N) is 2. The predicted octanol–water partition coefficient (Wildman–Crippen LogP) is 1.71. The van der Waals surface area contributed by atoms with Crippen molar-refractivity contribution in [3.05, 3.63) is 28.8 Å². The second kappa shape index (κ2) is 7.32. The normalized spacial score (nSPS) is 15.2. The maximum Gasteiger partial charge on any atom is 0.322 e. The van der Waals surface area contributed by atoms with E-state index in [4.69, 9.17) is 16.7 Å². The minimum absolute atomic E-state index is 0.0138. The number of carboxylic acids is 1. The van der Waals surface area contributed by atoms with Crippen molar-refractivity contribution in [2.75, 3.05) is 24.5 Å². The van der Waals surface area contributed by atoms with Crippen molar-refractivity contribution in [2.24, 2.45) is 5.92 Å². The smallest absolute Gasteiger partial charge is 0.322 e. The molecule has 1 heterocycles. The molecule has 0 aliphatic carbocycles. The lowest BCUT2D eigenvalue weighted by Gasteiger charge is -2.17. The number of aliphatic carboxylic acids is 1. The van der Waals surface area contributed by atoms with Crippen molar-refractivity contribution in [2.45, 2.75) is 13.3 Å². The van der Waals surface area contributed by atoms with E-state index in [1.165, 1.54) is 4.90 Å². The summed E-state index contributed by atoms with van der Waals surface area (Å²) >= 11 is 6.11. The van der Waals surface area contributed by atoms with E-state index in [0.717, 1.165) is 0 Å². The molecule has 8 heteroatoms. The van der Waals surface area contributed by atoms with E-state index < -0.39 is 5.97 Å². The van der Waals surface area contributed by atoms with Crippen LogP contribution in [0.4, 0.5) is 10.5 Å². The number of nitrogens with zero attached hydrogens (tertiary/aromatic N) is 1. The monoisotopic (exact) mass is 339 g/mol. The molecule has 1 unspecified atom stereocenters. The molecule has 0 saturated carbocycles. The zero-order chi connectivity index (χ0) is 17.0. The van der Waals surface area contributed by atoms with Crippen LogP contribution in [0.2, 0.25) is 5.02 Å². The molecule has 0 bridgehead atoms. The number of carbonyl (C=O) groups is 3. The van der Waals surface area contributed by atoms with Gasteiger partial charge in [0.05, 0.1) is 10.7 Å². The summed E-state index contributed by atoms with van der Waals surface area (Å²) in [5.74, 6) is -1.41. The molecule has 2 rings (SSSR count). The van der Waals surface area contributed by atoms with E-state index in [0.29, 0.717) is 29.4 Å². The minimum atomic E-state index is -0.902. The first-order valence-corrected chi connectivity index (χ1v) is 7.61. The molecule has 0 spiro atoms. The Hall–Kier alpha value is -2.28. The van der Waals surface area contributed by atoms with Gasteiger partial charge in [0.25, 0.3) is 5.91 Å². The van der Waals surface area contributed by atoms with Crippen molar-refractivity contribution < 1.29 is 19.5 Å². The Bertz CT molecular complexity index is 635. The lowest BCUT2D eigenvalue weighted by molar-refractivity contribution is -0.137. The number of hydrogen-bond acceptors (Lipinski definition) is 3. The van der Waals surface area contributed by atoms with E-state index in [1.807, 2.05) is 0 Å². The van der Waals surface area contributed by atoms with Crippen LogP contribution in [0.3, 0.4) is 0 Å². The summed E-state index contributed by atoms with van der Waals surface area (Å²) in [5, 5.41) is 14.5. The Morgan fingerprint density at radius 3 is 2.83 bits per heavy atom. The molecule has 1 aliphatic heterocycles. The van der Waals surface area contributed by atoms with Gasteiger partial charge in [-0.25, -0.2) is 4.79 Å². The van der Waals surface area contributed by atoms with E-state index in [1.54, 1.807) is 25.1 Å². The van der Waals surface area contributed by atoms with Crippen LogP contribution in [0.1, 0.15) is 23.7 Å². The third-order valence-corrected chi connectivity index (χ3v) is 3.81. The van der Waals surface area contributed by atoms with Gasteiger partial charge in [-0.1, -0.05) is 18.5 Å². The highest BCUT2D eigenvalue weighted by Gasteiger charge is 2.24. The number of amides is 3. The molecule has 0 aromatic heterocycles. The summed E-state index contributed by atoms with van der Waals surface area (Å²) in [5.41, 5.74) is 0.847. The van der Waals surface area contributed by atoms with Gasteiger partial charge >= 0.3 is 12.0 Å². The van der Waals surface area contributed by atoms with Crippen molar-refractivity contribution >= 4 is 35.2 Å². The number of carbonyl (C=O) groups excluding carboxylic acids is 2. The maximum absolute atomic E-state index is 12.2. The highest BCUT2D eigenvalue weighted by Crippen LogP contribution is 2.28. The van der Waals surface area contributed by atoms with E-state index in [9.17, 15) is 14.4 Å². The fourth-order valence-corrected chi connectivity index (χ4v) is 2.52. The van der Waals surface area contributed by atoms with Crippen LogP contribution in [-0.2, 0) is 4.79 Å². The van der Waals surface area contributed by atoms with Crippen LogP contribution in [-0.4, -0.2) is 42.6 Å². The van der Waals surface area contributed by atoms with Gasteiger partial charge in [0.15, 0.2) is 0 Å². The Balaban J connectivity index is 2.06. The summed E-state index contributed by atoms with van der Waals surface area (Å²) in [4.78, 5) is 36.0. The molecule has 1 aromatic carbocycles. The second-order valence-corrected chi connectivity index (χ2v) is 5.87. The average molecular weight is 340 g/mol. The van der Waals surface area contributed by atoms with Gasteiger partial charge in [-0.15, -0.1) is 0 Å². The summed E-state index contributed by atoms with van der Waals surface area (Å²) < 4.78 is 0. The first-order chi connectivity index (χ1) is 10.9. The first-order valence-electron chi connectivity index (χ1n) is 7.23. The number of hydrogen-bond donors (Lipinski definition) is 3. The molecule has 7 nitrogen and oxygen atoms in total. The quantitative estimate of drug-likeness (QED) is 0.734. The largest absolute Gasteiger partial charge is 0.481 e. The zero-order valence-corrected chi connectivity index (χ0v) is 13.4. The molecule has 3 N–H and O–H groups in total. The average Bonchev–Trinajstić information content (AvgIpc) is 2.90. The molecular weight excluding hydrogens is 322 g/mol. The molecule has 1 fully saturated rings. The van der Waals surface area contributed by atoms with Crippen molar-refractivity contribution in [1.29, 1.82) is 0 Å². The van der Waals surface area contributed by atoms with Gasteiger partial charge < -0.3 is 15.7 Å². The van der Waals surface area contributed by atoms with Gasteiger partial charge in [-0.2, -0.15) is 0 Å². The Kier molecular flexibility index (Phi) is 5.44. The van der Waals surface area contributed by atoms with Gasteiger partial charge in [0.1, 0.15) is 0 Å². The fourth-order valence-electron chi connectivity index (χ4n) is 2.30. The van der Waals surface area contributed by atoms with Crippen LogP contribution in [0, 0.1) is 5.92 Å². The highest BCUT2D eigenvalue weighted by atomic mass is 35.5. The van der Waals surface area contributed by atoms with Crippen molar-refractivity contribution in [3.63, 3.8) is 0 Å². The van der Waals surface area contributed by atoms with E-state index in [2.05, 4.69) is 10.6 Å². The summed E-state index contributed by atoms with van der Waals surface area (Å²) in [6.07, 6.45) is -0.0138. The van der Waals surface area contributed by atoms with Crippen molar-refractivity contribution in [3.8, 4) is 0 Å². The van der Waals surface area contributed by atoms with E-state index in [-0.39, 0.29) is 30.8 Å². The molecule has 23 heavy (non-hydrogen) atoms. The van der Waals surface area contributed by atoms with Crippen molar-refractivity contribution in [1.82, 2.24) is 10.6 Å². The highest BCUT2D eigenvalue weighted by molar-refractivity contribution is 6.34. The van der Waals surface area contributed by atoms with Crippen LogP contribution in [0.15, 0.2) is 18.2 Å². The number of urea groups is 1. The number of halogens is 1. The second-order valence-electron chi connectivity index (χ2n) is 5.46. The summed E-state index contributed by atoms with van der Waals surface area (Å²) in [6.45, 7) is 3.01. The lowest BCUT2D eigenvalue weighted by Crippen LogP contribution is -2.30. The Morgan fingerprint density at radius 2 is 2.22 bits per heavy atom. The minimum Gasteiger partial charge on any atom is -0.481 e. The molecular formula is C15H18ClN3O4. The SMILES string of the molecule is CC(CNC(=O)c1ccc(Cl)c(N2CCNC2=O)c1)CC(=O)O. The van der Waals surface area contributed by atoms with Crippen LogP contribution < -0.4 is 15.5 Å². The standard InChI is InChI=1S/C15H18ClN3O4/c1-9(6-13(20)21)8-18-14(22)10-2-3-11(16)12(7-10)19-5-4-17-15(19)23/h2-3,7,9H,4-6,8H2,1H3,(H,17,23)(H,18,22)(H,20,21). The van der Waals surface area contributed by atoms with Crippen LogP contribution >= 0.6 is 11.6 Å². The van der Waals surface area contributed by atoms with Crippen LogP contribution in [0.25, 0.3) is 0 Å². The predicted molar refractivity (Wildman–Crippen MR) is 85.9 cm³/mol. The fraction of sp³-hybridized carbons (Fsp3) is 0.400. The summed E-state index contributed by atoms with van der Waals surface area (Å²) in [7, 11) is 0. The molecule has 1 atom stereocenters. The van der Waals surface area contributed by atoms with Gasteiger partial charge in [-0.3, -0.25) is 14.5 Å².